The Morgan fingerprint density at radius 2 is 1.93 bits per heavy atom. The number of nitro groups is 1. The summed E-state index contributed by atoms with van der Waals surface area (Å²) in [7, 11) is 0. The number of amides is 1. The molecule has 2 aromatic rings. The van der Waals surface area contributed by atoms with Crippen molar-refractivity contribution in [3.63, 3.8) is 0 Å². The molecule has 7 heteroatoms. The van der Waals surface area contributed by atoms with Crippen molar-refractivity contribution >= 4 is 29.4 Å². The lowest BCUT2D eigenvalue weighted by atomic mass is 9.86. The van der Waals surface area contributed by atoms with Gasteiger partial charge in [0.15, 0.2) is 0 Å². The van der Waals surface area contributed by atoms with E-state index in [9.17, 15) is 14.9 Å². The fourth-order valence-corrected chi connectivity index (χ4v) is 3.27. The summed E-state index contributed by atoms with van der Waals surface area (Å²) >= 11 is 5.78. The molecule has 1 saturated carbocycles. The van der Waals surface area contributed by atoms with Crippen molar-refractivity contribution < 1.29 is 9.72 Å². The molecule has 28 heavy (non-hydrogen) atoms. The fraction of sp³-hybridized carbons (Fsp3) is 0.333. The van der Waals surface area contributed by atoms with E-state index in [4.69, 9.17) is 11.6 Å². The van der Waals surface area contributed by atoms with Gasteiger partial charge in [-0.25, -0.2) is 5.43 Å². The van der Waals surface area contributed by atoms with Crippen LogP contribution in [0, 0.1) is 16.0 Å². The first-order valence-electron chi connectivity index (χ1n) is 9.04. The number of nitrogens with zero attached hydrogens (tertiary/aromatic N) is 2. The first-order chi connectivity index (χ1) is 13.2. The van der Waals surface area contributed by atoms with E-state index in [1.807, 2.05) is 0 Å². The summed E-state index contributed by atoms with van der Waals surface area (Å²) in [6, 6.07) is 12.8. The number of hydrogen-bond donors (Lipinski definition) is 1. The van der Waals surface area contributed by atoms with Gasteiger partial charge in [-0.1, -0.05) is 62.7 Å². The van der Waals surface area contributed by atoms with Gasteiger partial charge in [-0.15, -0.1) is 0 Å². The van der Waals surface area contributed by atoms with Gasteiger partial charge < -0.3 is 0 Å². The number of hydrogen-bond acceptors (Lipinski definition) is 4. The van der Waals surface area contributed by atoms with Crippen LogP contribution in [0.1, 0.15) is 49.8 Å². The Bertz CT molecular complexity index is 933. The largest absolute Gasteiger partial charge is 0.288 e. The first-order valence-corrected chi connectivity index (χ1v) is 9.42. The topological polar surface area (TPSA) is 84.6 Å². The number of carbonyl (C=O) groups is 1. The van der Waals surface area contributed by atoms with Crippen molar-refractivity contribution in [2.24, 2.45) is 11.0 Å². The molecule has 3 rings (SSSR count). The fourth-order valence-electron chi connectivity index (χ4n) is 3.09. The van der Waals surface area contributed by atoms with Crippen LogP contribution in [0.25, 0.3) is 0 Å². The van der Waals surface area contributed by atoms with Crippen LogP contribution in [0.2, 0.25) is 5.02 Å². The molecule has 0 spiro atoms. The lowest BCUT2D eigenvalue weighted by molar-refractivity contribution is -0.384. The predicted octanol–water partition coefficient (Wildman–Crippen LogP) is 4.80. The third kappa shape index (κ3) is 4.57. The average Bonchev–Trinajstić information content (AvgIpc) is 3.43. The zero-order valence-corrected chi connectivity index (χ0v) is 16.7. The van der Waals surface area contributed by atoms with E-state index in [1.54, 1.807) is 6.07 Å². The highest BCUT2D eigenvalue weighted by Crippen LogP contribution is 2.47. The second-order valence-electron chi connectivity index (χ2n) is 8.02. The van der Waals surface area contributed by atoms with Gasteiger partial charge in [-0.2, -0.15) is 5.10 Å². The van der Waals surface area contributed by atoms with E-state index in [-0.39, 0.29) is 33.9 Å². The first kappa shape index (κ1) is 20.0. The Morgan fingerprint density at radius 3 is 2.54 bits per heavy atom. The highest BCUT2D eigenvalue weighted by molar-refractivity contribution is 6.32. The molecule has 1 amide bonds. The van der Waals surface area contributed by atoms with Crippen LogP contribution in [0.4, 0.5) is 5.69 Å². The van der Waals surface area contributed by atoms with Crippen LogP contribution in [0.3, 0.4) is 0 Å². The number of carbonyl (C=O) groups excluding carboxylic acids is 1. The van der Waals surface area contributed by atoms with Crippen molar-refractivity contribution in [1.29, 1.82) is 0 Å². The summed E-state index contributed by atoms with van der Waals surface area (Å²) in [4.78, 5) is 22.6. The summed E-state index contributed by atoms with van der Waals surface area (Å²) in [5.74, 6) is -0.0392. The highest BCUT2D eigenvalue weighted by atomic mass is 35.5. The molecule has 2 aromatic carbocycles. The van der Waals surface area contributed by atoms with E-state index < -0.39 is 4.92 Å². The standard InChI is InChI=1S/C21H22ClN3O3/c1-21(2,3)15-7-5-14(6-8-15)16-11-17(16)20(26)24-23-12-13-4-9-18(22)19(10-13)25(27)28/h4-10,12,16-17H,11H2,1-3H3,(H,24,26)/t16-,17-/m1/s1. The Kier molecular flexibility index (Phi) is 5.52. The normalized spacial score (nSPS) is 18.9. The highest BCUT2D eigenvalue weighted by Gasteiger charge is 2.44. The van der Waals surface area contributed by atoms with Gasteiger partial charge in [0, 0.05) is 17.5 Å². The Balaban J connectivity index is 1.57. The zero-order valence-electron chi connectivity index (χ0n) is 16.0. The van der Waals surface area contributed by atoms with Gasteiger partial charge in [0.2, 0.25) is 5.91 Å². The lowest BCUT2D eigenvalue weighted by Crippen LogP contribution is -2.20. The molecule has 0 aromatic heterocycles. The summed E-state index contributed by atoms with van der Waals surface area (Å²) in [6.45, 7) is 6.51. The smallest absolute Gasteiger partial charge is 0.273 e. The zero-order chi connectivity index (χ0) is 20.5. The van der Waals surface area contributed by atoms with Crippen LogP contribution in [0.5, 0.6) is 0 Å². The monoisotopic (exact) mass is 399 g/mol. The summed E-state index contributed by atoms with van der Waals surface area (Å²) in [5.41, 5.74) is 5.33. The van der Waals surface area contributed by atoms with E-state index >= 15 is 0 Å². The summed E-state index contributed by atoms with van der Waals surface area (Å²) in [5, 5.41) is 14.9. The molecule has 0 unspecified atom stereocenters. The van der Waals surface area contributed by atoms with Crippen molar-refractivity contribution in [3.05, 3.63) is 74.3 Å². The molecular formula is C21H22ClN3O3. The number of benzene rings is 2. The summed E-state index contributed by atoms with van der Waals surface area (Å²) in [6.07, 6.45) is 2.17. The van der Waals surface area contributed by atoms with Crippen LogP contribution in [0.15, 0.2) is 47.6 Å². The van der Waals surface area contributed by atoms with Gasteiger partial charge in [-0.3, -0.25) is 14.9 Å². The molecule has 6 nitrogen and oxygen atoms in total. The van der Waals surface area contributed by atoms with Crippen molar-refractivity contribution in [1.82, 2.24) is 5.43 Å². The lowest BCUT2D eigenvalue weighted by Gasteiger charge is -2.19. The molecular weight excluding hydrogens is 378 g/mol. The second-order valence-corrected chi connectivity index (χ2v) is 8.43. The molecule has 0 heterocycles. The van der Waals surface area contributed by atoms with Crippen LogP contribution in [-0.2, 0) is 10.2 Å². The quantitative estimate of drug-likeness (QED) is 0.445. The van der Waals surface area contributed by atoms with Crippen molar-refractivity contribution in [2.45, 2.75) is 38.5 Å². The van der Waals surface area contributed by atoms with Crippen LogP contribution in [-0.4, -0.2) is 17.0 Å². The van der Waals surface area contributed by atoms with E-state index in [0.29, 0.717) is 5.56 Å². The minimum atomic E-state index is -0.558. The maximum atomic E-state index is 12.3. The van der Waals surface area contributed by atoms with E-state index in [0.717, 1.165) is 12.0 Å². The third-order valence-electron chi connectivity index (χ3n) is 4.89. The van der Waals surface area contributed by atoms with Crippen LogP contribution < -0.4 is 5.43 Å². The minimum absolute atomic E-state index is 0.0597. The minimum Gasteiger partial charge on any atom is -0.273 e. The number of rotatable bonds is 5. The Morgan fingerprint density at radius 1 is 1.25 bits per heavy atom. The van der Waals surface area contributed by atoms with Gasteiger partial charge >= 0.3 is 0 Å². The molecule has 1 aliphatic carbocycles. The molecule has 146 valence electrons. The number of hydrazone groups is 1. The van der Waals surface area contributed by atoms with Gasteiger partial charge in [0.1, 0.15) is 5.02 Å². The molecule has 0 bridgehead atoms. The second kappa shape index (κ2) is 7.72. The average molecular weight is 400 g/mol. The maximum Gasteiger partial charge on any atom is 0.288 e. The third-order valence-corrected chi connectivity index (χ3v) is 5.21. The maximum absolute atomic E-state index is 12.3. The van der Waals surface area contributed by atoms with Crippen molar-refractivity contribution in [2.75, 3.05) is 0 Å². The molecule has 0 aliphatic heterocycles. The van der Waals surface area contributed by atoms with E-state index in [2.05, 4.69) is 55.6 Å². The molecule has 0 radical (unpaired) electrons. The number of nitrogens with one attached hydrogen (secondary N) is 1. The molecule has 1 N–H and O–H groups in total. The number of nitro benzene ring substituents is 1. The molecule has 1 aliphatic rings. The van der Waals surface area contributed by atoms with Gasteiger partial charge in [0.25, 0.3) is 5.69 Å². The molecule has 2 atom stereocenters. The van der Waals surface area contributed by atoms with E-state index in [1.165, 1.54) is 23.9 Å². The summed E-state index contributed by atoms with van der Waals surface area (Å²) < 4.78 is 0. The van der Waals surface area contributed by atoms with Gasteiger partial charge in [0.05, 0.1) is 11.1 Å². The Labute approximate surface area is 168 Å². The van der Waals surface area contributed by atoms with Crippen molar-refractivity contribution in [3.8, 4) is 0 Å². The number of halogens is 1. The Hall–Kier alpha value is -2.73. The molecule has 1 fully saturated rings. The van der Waals surface area contributed by atoms with Gasteiger partial charge in [-0.05, 0) is 34.9 Å². The predicted molar refractivity (Wildman–Crippen MR) is 110 cm³/mol. The molecule has 0 saturated heterocycles. The SMILES string of the molecule is CC(C)(C)c1ccc([C@H]2C[C@H]2C(=O)NN=Cc2ccc(Cl)c([N+](=O)[O-])c2)cc1. The van der Waals surface area contributed by atoms with Crippen LogP contribution >= 0.6 is 11.6 Å².